The average Bonchev–Trinajstić information content (AvgIpc) is 1.79. The van der Waals surface area contributed by atoms with Crippen LogP contribution in [0.5, 0.6) is 0 Å². The molecule has 137 heavy (non-hydrogen) atoms. The van der Waals surface area contributed by atoms with E-state index in [1.165, 1.54) is 131 Å². The van der Waals surface area contributed by atoms with Crippen molar-refractivity contribution in [1.82, 2.24) is 112 Å². The van der Waals surface area contributed by atoms with Crippen LogP contribution < -0.4 is 53.9 Å². The Morgan fingerprint density at radius 3 is 1.18 bits per heavy atom. The van der Waals surface area contributed by atoms with Gasteiger partial charge in [0.05, 0.1) is 89.1 Å². The lowest BCUT2D eigenvalue weighted by molar-refractivity contribution is -0.148. The molecule has 5 aliphatic carbocycles. The highest BCUT2D eigenvalue weighted by Gasteiger charge is 2.53. The van der Waals surface area contributed by atoms with E-state index in [1.807, 2.05) is 53.5 Å². The van der Waals surface area contributed by atoms with E-state index in [0.29, 0.717) is 200 Å². The molecule has 6 saturated heterocycles. The normalized spacial score (nSPS) is 29.1. The number of fused-ring (bicyclic) bond motifs is 3. The Labute approximate surface area is 822 Å². The van der Waals surface area contributed by atoms with Crippen molar-refractivity contribution < 1.29 is 57.4 Å². The van der Waals surface area contributed by atoms with Crippen LogP contribution in [-0.4, -0.2) is 412 Å². The third-order valence-corrected chi connectivity index (χ3v) is 32.1. The van der Waals surface area contributed by atoms with Crippen molar-refractivity contribution in [1.29, 1.82) is 0 Å². The van der Waals surface area contributed by atoms with Gasteiger partial charge in [0.1, 0.15) is 0 Å². The molecule has 0 aromatic heterocycles. The molecule has 17 unspecified atom stereocenters. The molecule has 35 nitrogen and oxygen atoms in total. The summed E-state index contributed by atoms with van der Waals surface area (Å²) in [5.41, 5.74) is 12.2. The summed E-state index contributed by atoms with van der Waals surface area (Å²) in [7, 11) is 4.47. The highest BCUT2D eigenvalue weighted by molar-refractivity contribution is 5.94. The average molecular weight is 1930 g/mol. The first kappa shape index (κ1) is 111. The second-order valence-electron chi connectivity index (χ2n) is 44.9. The maximum absolute atomic E-state index is 14.5. The Morgan fingerprint density at radius 2 is 0.759 bits per heavy atom. The van der Waals surface area contributed by atoms with Gasteiger partial charge in [-0.25, -0.2) is 10.4 Å². The van der Waals surface area contributed by atoms with Crippen LogP contribution in [0.4, 0.5) is 0 Å². The van der Waals surface area contributed by atoms with Gasteiger partial charge < -0.3 is 69.5 Å². The molecule has 6 aliphatic heterocycles. The molecular formula is C102H187N23O12. The van der Waals surface area contributed by atoms with Gasteiger partial charge in [-0.2, -0.15) is 5.53 Å². The molecule has 0 aromatic carbocycles. The van der Waals surface area contributed by atoms with Gasteiger partial charge in [0.2, 0.25) is 59.1 Å². The van der Waals surface area contributed by atoms with E-state index in [9.17, 15) is 47.9 Å². The number of rotatable bonds is 51. The fourth-order valence-electron chi connectivity index (χ4n) is 24.4. The zero-order valence-electron chi connectivity index (χ0n) is 87.4. The van der Waals surface area contributed by atoms with Crippen LogP contribution in [0.15, 0.2) is 0 Å². The summed E-state index contributed by atoms with van der Waals surface area (Å²) < 4.78 is 13.5. The van der Waals surface area contributed by atoms with Crippen LogP contribution in [0.2, 0.25) is 0 Å². The molecule has 35 heteroatoms. The molecular weight excluding hydrogens is 1740 g/mol. The number of hydrogen-bond acceptors (Lipinski definition) is 25. The fraction of sp³-hybridized carbons (Fsp3) is 0.902. The van der Waals surface area contributed by atoms with Gasteiger partial charge in [0.15, 0.2) is 0 Å². The quantitative estimate of drug-likeness (QED) is 0.0372. The summed E-state index contributed by atoms with van der Waals surface area (Å²) in [6, 6.07) is 4.13. The number of piperazine rings is 2. The Morgan fingerprint density at radius 1 is 0.387 bits per heavy atom. The molecule has 0 spiro atoms. The standard InChI is InChI=1S/C102H187N23O12/c1-16-38-117(89(128)30-25-54-136-78-28-23-27-72(56-78)98-105-81-34-31-73(59-84(81)108-98)99-106-82-35-32-76(60-85(82)109-99)115-50-46-113(14)47-51-115)65-90(129)118(39-17-2)66-91(130)119(40-18-3)67-92(131)120(41-19-4)68-93(132)121(42-20-5)69-94(133)122(43-21-6)70-95(134)123(44-22-7)71-96(135)124(64-87(103)126)62-75-63-125(112-111-75)45-26-37-104-88(127)29-24-55-137-97-79(101(8,9)10)57-74(58-80(97)102(11,12)13)100-107-83-36-33-77(61-86(83)110-100)116-52-48-114(15)49-53-116/h72-86,97-100,105-112H,16-71H2,1-15H3,(H2,103,126)(H,104,127). The van der Waals surface area contributed by atoms with Gasteiger partial charge in [0.25, 0.3) is 0 Å². The largest absolute Gasteiger partial charge is 0.378 e. The number of likely N-dealkylation sites (N-methyl/N-ethyl adjacent to an activating group) is 2. The van der Waals surface area contributed by atoms with Crippen LogP contribution in [0, 0.1) is 40.4 Å². The molecule has 11 fully saturated rings. The zero-order valence-corrected chi connectivity index (χ0v) is 87.4. The molecule has 782 valence electrons. The number of nitrogens with one attached hydrogen (secondary N) is 9. The first-order valence-corrected chi connectivity index (χ1v) is 54.3. The third kappa shape index (κ3) is 33.1. The molecule has 0 aromatic rings. The number of nitrogens with two attached hydrogens (primary N) is 1. The summed E-state index contributed by atoms with van der Waals surface area (Å²) in [6.07, 6.45) is 24.7. The maximum atomic E-state index is 14.5. The van der Waals surface area contributed by atoms with E-state index < -0.39 is 41.4 Å². The van der Waals surface area contributed by atoms with E-state index in [2.05, 4.69) is 123 Å². The zero-order chi connectivity index (χ0) is 98.6. The number of nitrogens with zero attached hydrogens (tertiary/aromatic N) is 13. The van der Waals surface area contributed by atoms with Gasteiger partial charge in [-0.3, -0.25) is 89.6 Å². The van der Waals surface area contributed by atoms with Crippen LogP contribution >= 0.6 is 0 Å². The van der Waals surface area contributed by atoms with E-state index in [4.69, 9.17) is 15.2 Å². The van der Waals surface area contributed by atoms with Gasteiger partial charge in [-0.15, -0.1) is 0 Å². The lowest BCUT2D eigenvalue weighted by Crippen LogP contribution is -2.54. The Kier molecular flexibility index (Phi) is 44.5. The van der Waals surface area contributed by atoms with Crippen LogP contribution in [0.1, 0.15) is 263 Å². The van der Waals surface area contributed by atoms with E-state index in [-0.39, 0.29) is 158 Å². The summed E-state index contributed by atoms with van der Waals surface area (Å²) in [5.74, 6) is -1.80. The van der Waals surface area contributed by atoms with Gasteiger partial charge in [0, 0.05) is 199 Å². The fourth-order valence-corrected chi connectivity index (χ4v) is 24.4. The lowest BCUT2D eigenvalue weighted by atomic mass is 9.58. The first-order valence-electron chi connectivity index (χ1n) is 54.3. The minimum atomic E-state index is -0.720. The summed E-state index contributed by atoms with van der Waals surface area (Å²) in [4.78, 5) is 163. The molecule has 11 N–H and O–H groups in total. The molecule has 10 amide bonds. The second kappa shape index (κ2) is 54.7. The predicted octanol–water partition coefficient (Wildman–Crippen LogP) is 4.59. The van der Waals surface area contributed by atoms with Crippen molar-refractivity contribution in [3.8, 4) is 0 Å². The molecule has 0 radical (unpaired) electrons. The maximum Gasteiger partial charge on any atom is 0.242 e. The van der Waals surface area contributed by atoms with Crippen molar-refractivity contribution in [3.63, 3.8) is 0 Å². The van der Waals surface area contributed by atoms with Gasteiger partial charge >= 0.3 is 0 Å². The number of hydrazine groups is 2. The highest BCUT2D eigenvalue weighted by atomic mass is 16.5. The first-order chi connectivity index (χ1) is 65.7. The minimum Gasteiger partial charge on any atom is -0.378 e. The van der Waals surface area contributed by atoms with Crippen molar-refractivity contribution in [2.45, 2.75) is 348 Å². The Balaban J connectivity index is 0.575. The lowest BCUT2D eigenvalue weighted by Gasteiger charge is -2.52. The molecule has 6 heterocycles. The van der Waals surface area contributed by atoms with Crippen LogP contribution in [-0.2, 0) is 57.4 Å². The monoisotopic (exact) mass is 1930 g/mol. The third-order valence-electron chi connectivity index (χ3n) is 32.1. The predicted molar refractivity (Wildman–Crippen MR) is 535 cm³/mol. The second-order valence-corrected chi connectivity index (χ2v) is 44.9. The number of primary amides is 1. The van der Waals surface area contributed by atoms with Crippen molar-refractivity contribution in [2.75, 3.05) is 204 Å². The van der Waals surface area contributed by atoms with Crippen molar-refractivity contribution in [2.24, 2.45) is 46.2 Å². The molecule has 17 atom stereocenters. The summed E-state index contributed by atoms with van der Waals surface area (Å²) in [5, 5.41) is 29.7. The number of ether oxygens (including phenoxy) is 2. The number of hydrogen-bond donors (Lipinski definition) is 10. The number of carbonyl (C=O) groups is 10. The smallest absolute Gasteiger partial charge is 0.242 e. The number of amides is 10. The summed E-state index contributed by atoms with van der Waals surface area (Å²) in [6.45, 7) is 38.3. The minimum absolute atomic E-state index is 0.0186. The van der Waals surface area contributed by atoms with Crippen molar-refractivity contribution in [3.05, 3.63) is 0 Å². The van der Waals surface area contributed by atoms with Crippen LogP contribution in [0.25, 0.3) is 0 Å². The molecule has 5 saturated carbocycles. The number of carbonyl (C=O) groups excluding carboxylic acids is 10. The molecule has 11 aliphatic rings. The highest BCUT2D eigenvalue weighted by Crippen LogP contribution is 2.51. The van der Waals surface area contributed by atoms with Crippen molar-refractivity contribution >= 4 is 59.1 Å². The Bertz CT molecular complexity index is 3750. The SMILES string of the molecule is CCCN(CC(=O)N(CCC)CC(=O)N(CCC)CC(=O)N(CCC)CC(=O)N(CCC)CC(=O)N(CCC)CC(=O)N(CCC)CC(=O)N(CC(N)=O)CC1CN(CCCNC(=O)CCCOC2C(C(C)(C)C)CC(C3NC4CCC(N5CCN(C)CC5)CC4N3)CC2C(C)(C)C)NN1)C(=O)CCCOC1CCCC(C2NC3CCC(C4NC5CCC(N6CCN(C)CC6)CC5N4)CC3N2)C1. The van der Waals surface area contributed by atoms with E-state index in [1.54, 1.807) is 4.90 Å². The Hall–Kier alpha value is -5.90. The summed E-state index contributed by atoms with van der Waals surface area (Å²) >= 11 is 0. The van der Waals surface area contributed by atoms with Crippen LogP contribution in [0.3, 0.4) is 0 Å². The molecule has 11 rings (SSSR count). The molecule has 0 bridgehead atoms. The van der Waals surface area contributed by atoms with Gasteiger partial charge in [-0.05, 0) is 209 Å². The topological polar surface area (TPSA) is 366 Å². The van der Waals surface area contributed by atoms with E-state index >= 15 is 0 Å². The van der Waals surface area contributed by atoms with E-state index in [0.717, 1.165) is 51.6 Å². The van der Waals surface area contributed by atoms with Gasteiger partial charge in [-0.1, -0.05) is 96.4 Å².